The van der Waals surface area contributed by atoms with E-state index in [4.69, 9.17) is 11.6 Å². The number of halogens is 1. The summed E-state index contributed by atoms with van der Waals surface area (Å²) in [4.78, 5) is 15.9. The van der Waals surface area contributed by atoms with Gasteiger partial charge in [-0.25, -0.2) is 14.5 Å². The molecule has 0 amide bonds. The Labute approximate surface area is 108 Å². The molecule has 0 aliphatic heterocycles. The van der Waals surface area contributed by atoms with Crippen molar-refractivity contribution in [1.82, 2.24) is 19.3 Å². The minimum absolute atomic E-state index is 0.0782. The van der Waals surface area contributed by atoms with Gasteiger partial charge in [-0.3, -0.25) is 4.57 Å². The first-order valence-electron chi connectivity index (χ1n) is 5.28. The fourth-order valence-electron chi connectivity index (χ4n) is 1.48. The van der Waals surface area contributed by atoms with E-state index in [9.17, 15) is 4.79 Å². The van der Waals surface area contributed by atoms with Crippen LogP contribution in [0.3, 0.4) is 0 Å². The number of nitrogens with zero attached hydrogens (tertiary/aromatic N) is 4. The van der Waals surface area contributed by atoms with Crippen LogP contribution >= 0.6 is 22.9 Å². The zero-order valence-corrected chi connectivity index (χ0v) is 11.0. The van der Waals surface area contributed by atoms with E-state index >= 15 is 0 Å². The van der Waals surface area contributed by atoms with Gasteiger partial charge in [0.05, 0.1) is 16.6 Å². The molecule has 0 aromatic carbocycles. The summed E-state index contributed by atoms with van der Waals surface area (Å²) in [5.41, 5.74) is 0.840. The smallest absolute Gasteiger partial charge is 0.285 e. The molecule has 0 atom stereocenters. The molecular weight excluding hydrogens is 260 g/mol. The summed E-state index contributed by atoms with van der Waals surface area (Å²) in [6.07, 6.45) is 3.23. The second-order valence-electron chi connectivity index (χ2n) is 3.72. The standard InChI is InChI=1S/C10H13ClN4OS/c1-14-7-12-15(10(14)16)4-2-3-9-13-8(5-11)6-17-9/h6-7H,2-5H2,1H3. The normalized spacial score (nSPS) is 10.9. The van der Waals surface area contributed by atoms with E-state index in [1.807, 2.05) is 5.38 Å². The summed E-state index contributed by atoms with van der Waals surface area (Å²) in [7, 11) is 1.69. The third kappa shape index (κ3) is 2.95. The highest BCUT2D eigenvalue weighted by Crippen LogP contribution is 2.13. The van der Waals surface area contributed by atoms with Gasteiger partial charge in [0, 0.05) is 25.4 Å². The predicted octanol–water partition coefficient (Wildman–Crippen LogP) is 1.41. The zero-order chi connectivity index (χ0) is 12.3. The summed E-state index contributed by atoms with van der Waals surface area (Å²) in [5.74, 6) is 0.455. The predicted molar refractivity (Wildman–Crippen MR) is 67.5 cm³/mol. The zero-order valence-electron chi connectivity index (χ0n) is 9.47. The van der Waals surface area contributed by atoms with Crippen LogP contribution in [-0.2, 0) is 25.9 Å². The highest BCUT2D eigenvalue weighted by atomic mass is 35.5. The lowest BCUT2D eigenvalue weighted by Crippen LogP contribution is -2.23. The van der Waals surface area contributed by atoms with E-state index < -0.39 is 0 Å². The molecule has 0 aliphatic rings. The Kier molecular flexibility index (Phi) is 3.96. The summed E-state index contributed by atoms with van der Waals surface area (Å²) in [5, 5.41) is 7.02. The van der Waals surface area contributed by atoms with Crippen molar-refractivity contribution in [3.63, 3.8) is 0 Å². The molecule has 0 spiro atoms. The van der Waals surface area contributed by atoms with Crippen molar-refractivity contribution in [3.05, 3.63) is 32.9 Å². The Morgan fingerprint density at radius 3 is 2.94 bits per heavy atom. The van der Waals surface area contributed by atoms with Crippen molar-refractivity contribution in [2.75, 3.05) is 0 Å². The molecule has 0 unspecified atom stereocenters. The maximum atomic E-state index is 11.5. The molecule has 7 heteroatoms. The van der Waals surface area contributed by atoms with Crippen LogP contribution in [0.15, 0.2) is 16.5 Å². The molecule has 2 aromatic rings. The molecule has 17 heavy (non-hydrogen) atoms. The Morgan fingerprint density at radius 2 is 2.35 bits per heavy atom. The van der Waals surface area contributed by atoms with Crippen LogP contribution in [0.5, 0.6) is 0 Å². The highest BCUT2D eigenvalue weighted by Gasteiger charge is 2.03. The molecule has 0 bridgehead atoms. The van der Waals surface area contributed by atoms with Crippen LogP contribution in [-0.4, -0.2) is 19.3 Å². The van der Waals surface area contributed by atoms with Gasteiger partial charge in [0.2, 0.25) is 0 Å². The molecule has 0 radical (unpaired) electrons. The SMILES string of the molecule is Cn1cnn(CCCc2nc(CCl)cs2)c1=O. The molecule has 0 saturated carbocycles. The molecule has 2 aromatic heterocycles. The second kappa shape index (κ2) is 5.46. The van der Waals surface area contributed by atoms with Crippen LogP contribution in [0.4, 0.5) is 0 Å². The average molecular weight is 273 g/mol. The molecule has 2 heterocycles. The number of hydrogen-bond acceptors (Lipinski definition) is 4. The quantitative estimate of drug-likeness (QED) is 0.774. The topological polar surface area (TPSA) is 52.7 Å². The van der Waals surface area contributed by atoms with Gasteiger partial charge in [-0.1, -0.05) is 0 Å². The van der Waals surface area contributed by atoms with Gasteiger partial charge in [-0.05, 0) is 6.42 Å². The summed E-state index contributed by atoms with van der Waals surface area (Å²) < 4.78 is 2.94. The minimum Gasteiger partial charge on any atom is -0.285 e. The monoisotopic (exact) mass is 272 g/mol. The molecule has 0 aliphatic carbocycles. The van der Waals surface area contributed by atoms with Crippen molar-refractivity contribution in [2.45, 2.75) is 25.3 Å². The first-order valence-corrected chi connectivity index (χ1v) is 6.70. The van der Waals surface area contributed by atoms with Crippen LogP contribution in [0.1, 0.15) is 17.1 Å². The Morgan fingerprint density at radius 1 is 1.53 bits per heavy atom. The molecule has 92 valence electrons. The molecule has 0 fully saturated rings. The number of aryl methyl sites for hydroxylation is 3. The van der Waals surface area contributed by atoms with Crippen molar-refractivity contribution in [2.24, 2.45) is 7.05 Å². The van der Waals surface area contributed by atoms with E-state index in [-0.39, 0.29) is 5.69 Å². The van der Waals surface area contributed by atoms with Gasteiger partial charge in [0.25, 0.3) is 0 Å². The minimum atomic E-state index is -0.0782. The van der Waals surface area contributed by atoms with Crippen LogP contribution in [0.2, 0.25) is 0 Å². The maximum Gasteiger partial charge on any atom is 0.345 e. The van der Waals surface area contributed by atoms with Crippen molar-refractivity contribution >= 4 is 22.9 Å². The maximum absolute atomic E-state index is 11.5. The van der Waals surface area contributed by atoms with Gasteiger partial charge < -0.3 is 0 Å². The van der Waals surface area contributed by atoms with Crippen molar-refractivity contribution in [3.8, 4) is 0 Å². The van der Waals surface area contributed by atoms with Crippen molar-refractivity contribution in [1.29, 1.82) is 0 Å². The summed E-state index contributed by atoms with van der Waals surface area (Å²) in [6.45, 7) is 0.620. The molecule has 0 N–H and O–H groups in total. The van der Waals surface area contributed by atoms with E-state index in [2.05, 4.69) is 10.1 Å². The van der Waals surface area contributed by atoms with Crippen LogP contribution in [0.25, 0.3) is 0 Å². The average Bonchev–Trinajstić information content (AvgIpc) is 2.90. The molecular formula is C10H13ClN4OS. The Balaban J connectivity index is 1.87. The van der Waals surface area contributed by atoms with Crippen LogP contribution in [0, 0.1) is 0 Å². The third-order valence-electron chi connectivity index (χ3n) is 2.38. The first-order chi connectivity index (χ1) is 8.20. The fraction of sp³-hybridized carbons (Fsp3) is 0.500. The highest BCUT2D eigenvalue weighted by molar-refractivity contribution is 7.09. The number of aromatic nitrogens is 4. The summed E-state index contributed by atoms with van der Waals surface area (Å²) in [6, 6.07) is 0. The van der Waals surface area contributed by atoms with Gasteiger partial charge in [0.15, 0.2) is 0 Å². The van der Waals surface area contributed by atoms with Gasteiger partial charge in [-0.15, -0.1) is 22.9 Å². The van der Waals surface area contributed by atoms with Gasteiger partial charge in [0.1, 0.15) is 6.33 Å². The number of rotatable bonds is 5. The lowest BCUT2D eigenvalue weighted by atomic mass is 10.3. The lowest BCUT2D eigenvalue weighted by molar-refractivity contribution is 0.553. The lowest BCUT2D eigenvalue weighted by Gasteiger charge is -1.97. The molecule has 5 nitrogen and oxygen atoms in total. The number of hydrogen-bond donors (Lipinski definition) is 0. The van der Waals surface area contributed by atoms with Crippen LogP contribution < -0.4 is 5.69 Å². The number of alkyl halides is 1. The van der Waals surface area contributed by atoms with E-state index in [1.165, 1.54) is 15.6 Å². The number of thiazole rings is 1. The van der Waals surface area contributed by atoms with E-state index in [1.54, 1.807) is 18.4 Å². The van der Waals surface area contributed by atoms with Crippen molar-refractivity contribution < 1.29 is 0 Å². The second-order valence-corrected chi connectivity index (χ2v) is 4.93. The Hall–Kier alpha value is -1.14. The molecule has 0 saturated heterocycles. The Bertz CT molecular complexity index is 544. The fourth-order valence-corrected chi connectivity index (χ4v) is 2.55. The molecule has 2 rings (SSSR count). The first kappa shape index (κ1) is 12.3. The largest absolute Gasteiger partial charge is 0.345 e. The van der Waals surface area contributed by atoms with E-state index in [0.717, 1.165) is 23.5 Å². The third-order valence-corrected chi connectivity index (χ3v) is 3.61. The van der Waals surface area contributed by atoms with Gasteiger partial charge >= 0.3 is 5.69 Å². The summed E-state index contributed by atoms with van der Waals surface area (Å²) >= 11 is 7.29. The van der Waals surface area contributed by atoms with Gasteiger partial charge in [-0.2, -0.15) is 5.10 Å². The van der Waals surface area contributed by atoms with E-state index in [0.29, 0.717) is 12.4 Å².